The van der Waals surface area contributed by atoms with Crippen LogP contribution < -0.4 is 19.8 Å². The van der Waals surface area contributed by atoms with Gasteiger partial charge in [-0.05, 0) is 71.3 Å². The van der Waals surface area contributed by atoms with E-state index in [9.17, 15) is 4.79 Å². The molecule has 0 aliphatic carbocycles. The first-order valence-electron chi connectivity index (χ1n) is 13.8. The predicted molar refractivity (Wildman–Crippen MR) is 154 cm³/mol. The molecule has 1 aliphatic heterocycles. The summed E-state index contributed by atoms with van der Waals surface area (Å²) in [6.45, 7) is 6.32. The van der Waals surface area contributed by atoms with E-state index < -0.39 is 0 Å². The molecule has 2 aromatic heterocycles. The molecule has 3 aromatic carbocycles. The van der Waals surface area contributed by atoms with Crippen LogP contribution in [0.25, 0.3) is 10.9 Å². The number of benzene rings is 3. The highest BCUT2D eigenvalue weighted by atomic mass is 16.7. The van der Waals surface area contributed by atoms with Crippen molar-refractivity contribution in [2.45, 2.75) is 45.9 Å². The second-order valence-corrected chi connectivity index (χ2v) is 10.0. The normalized spacial score (nSPS) is 13.1. The fraction of sp³-hybridized carbons (Fsp3) is 0.290. The fourth-order valence-electron chi connectivity index (χ4n) is 5.30. The summed E-state index contributed by atoms with van der Waals surface area (Å²) in [5.41, 5.74) is 3.42. The molecule has 1 aliphatic rings. The van der Waals surface area contributed by atoms with Crippen molar-refractivity contribution in [1.82, 2.24) is 30.1 Å². The van der Waals surface area contributed by atoms with Gasteiger partial charge in [-0.1, -0.05) is 43.3 Å². The van der Waals surface area contributed by atoms with Crippen molar-refractivity contribution in [3.8, 4) is 17.2 Å². The van der Waals surface area contributed by atoms with E-state index >= 15 is 0 Å². The zero-order chi connectivity index (χ0) is 28.2. The molecule has 0 fully saturated rings. The molecular formula is C31H32N6O4. The molecule has 1 atom stereocenters. The predicted octanol–water partition coefficient (Wildman–Crippen LogP) is 4.84. The second-order valence-electron chi connectivity index (χ2n) is 10.0. The number of H-pyrrole nitrogens is 1. The van der Waals surface area contributed by atoms with Crippen LogP contribution in [0, 0.1) is 0 Å². The zero-order valence-corrected chi connectivity index (χ0v) is 23.1. The first-order valence-corrected chi connectivity index (χ1v) is 13.8. The molecule has 3 heterocycles. The Labute approximate surface area is 237 Å². The molecular weight excluding hydrogens is 520 g/mol. The molecule has 0 radical (unpaired) electrons. The first kappa shape index (κ1) is 26.5. The van der Waals surface area contributed by atoms with Gasteiger partial charge in [0.1, 0.15) is 5.75 Å². The molecule has 0 saturated carbocycles. The summed E-state index contributed by atoms with van der Waals surface area (Å²) in [6, 6.07) is 23.5. The van der Waals surface area contributed by atoms with Crippen molar-refractivity contribution < 1.29 is 14.2 Å². The van der Waals surface area contributed by atoms with E-state index in [1.165, 1.54) is 0 Å². The number of rotatable bonds is 11. The fourth-order valence-corrected chi connectivity index (χ4v) is 5.30. The summed E-state index contributed by atoms with van der Waals surface area (Å²) in [5, 5.41) is 13.7. The monoisotopic (exact) mass is 552 g/mol. The van der Waals surface area contributed by atoms with Crippen molar-refractivity contribution >= 4 is 10.9 Å². The average molecular weight is 553 g/mol. The van der Waals surface area contributed by atoms with E-state index in [2.05, 4.69) is 44.5 Å². The molecule has 0 saturated heterocycles. The molecule has 0 spiro atoms. The number of nitrogens with zero attached hydrogens (tertiary/aromatic N) is 5. The highest BCUT2D eigenvalue weighted by Crippen LogP contribution is 2.34. The number of hydrogen-bond donors (Lipinski definition) is 1. The van der Waals surface area contributed by atoms with Crippen LogP contribution in [0.15, 0.2) is 77.6 Å². The van der Waals surface area contributed by atoms with Crippen molar-refractivity contribution in [2.75, 3.05) is 13.4 Å². The lowest BCUT2D eigenvalue weighted by atomic mass is 10.1. The summed E-state index contributed by atoms with van der Waals surface area (Å²) in [4.78, 5) is 18.6. The SMILES string of the molecule is CCOc1ccc2[nH]c(=O)c(CN(Cc3ccc4c(c3)OCO4)C(CC)c3nnnn3Cc3ccccc3)cc2c1. The topological polar surface area (TPSA) is 107 Å². The first-order chi connectivity index (χ1) is 20.1. The lowest BCUT2D eigenvalue weighted by Gasteiger charge is -2.30. The van der Waals surface area contributed by atoms with E-state index in [1.807, 2.05) is 72.3 Å². The maximum atomic E-state index is 13.3. The summed E-state index contributed by atoms with van der Waals surface area (Å²) >= 11 is 0. The van der Waals surface area contributed by atoms with E-state index in [1.54, 1.807) is 0 Å². The Kier molecular flexibility index (Phi) is 7.64. The van der Waals surface area contributed by atoms with E-state index in [-0.39, 0.29) is 18.4 Å². The van der Waals surface area contributed by atoms with Gasteiger partial charge in [0.25, 0.3) is 5.56 Å². The third kappa shape index (κ3) is 5.78. The number of hydrogen-bond acceptors (Lipinski definition) is 8. The second kappa shape index (κ2) is 11.8. The van der Waals surface area contributed by atoms with Crippen LogP contribution in [0.2, 0.25) is 0 Å². The quantitative estimate of drug-likeness (QED) is 0.248. The van der Waals surface area contributed by atoms with Gasteiger partial charge in [0.15, 0.2) is 17.3 Å². The number of tetrazole rings is 1. The lowest BCUT2D eigenvalue weighted by molar-refractivity contribution is 0.161. The third-order valence-electron chi connectivity index (χ3n) is 7.26. The molecule has 10 nitrogen and oxygen atoms in total. The van der Waals surface area contributed by atoms with E-state index in [4.69, 9.17) is 14.2 Å². The van der Waals surface area contributed by atoms with Gasteiger partial charge in [-0.2, -0.15) is 0 Å². The Morgan fingerprint density at radius 3 is 2.66 bits per heavy atom. The maximum Gasteiger partial charge on any atom is 0.252 e. The summed E-state index contributed by atoms with van der Waals surface area (Å²) < 4.78 is 18.7. The van der Waals surface area contributed by atoms with E-state index in [0.29, 0.717) is 31.8 Å². The third-order valence-corrected chi connectivity index (χ3v) is 7.26. The highest BCUT2D eigenvalue weighted by Gasteiger charge is 2.27. The van der Waals surface area contributed by atoms with Crippen LogP contribution in [0.3, 0.4) is 0 Å². The number of nitrogens with one attached hydrogen (secondary N) is 1. The van der Waals surface area contributed by atoms with Crippen LogP contribution in [0.5, 0.6) is 17.2 Å². The largest absolute Gasteiger partial charge is 0.494 e. The van der Waals surface area contributed by atoms with Crippen molar-refractivity contribution in [3.63, 3.8) is 0 Å². The van der Waals surface area contributed by atoms with Gasteiger partial charge in [0.2, 0.25) is 6.79 Å². The van der Waals surface area contributed by atoms with E-state index in [0.717, 1.165) is 51.5 Å². The standard InChI is InChI=1S/C31H32N6O4/c1-3-27(30-33-34-35-37(30)18-21-8-6-5-7-9-21)36(17-22-10-13-28-29(14-22)41-20-40-28)19-24-15-23-16-25(39-4-2)11-12-26(23)32-31(24)38/h5-16,27H,3-4,17-20H2,1-2H3,(H,32,38). The highest BCUT2D eigenvalue weighted by molar-refractivity contribution is 5.80. The van der Waals surface area contributed by atoms with Crippen LogP contribution in [0.4, 0.5) is 0 Å². The molecule has 0 amide bonds. The van der Waals surface area contributed by atoms with Gasteiger partial charge >= 0.3 is 0 Å². The average Bonchev–Trinajstić information content (AvgIpc) is 3.64. The molecule has 1 unspecified atom stereocenters. The van der Waals surface area contributed by atoms with Crippen molar-refractivity contribution in [3.05, 3.63) is 106 Å². The Morgan fingerprint density at radius 1 is 0.976 bits per heavy atom. The van der Waals surface area contributed by atoms with Crippen LogP contribution >= 0.6 is 0 Å². The Hall–Kier alpha value is -4.70. The van der Waals surface area contributed by atoms with Gasteiger partial charge in [-0.25, -0.2) is 4.68 Å². The van der Waals surface area contributed by atoms with Gasteiger partial charge < -0.3 is 19.2 Å². The van der Waals surface area contributed by atoms with Gasteiger partial charge in [0.05, 0.1) is 19.2 Å². The molecule has 10 heteroatoms. The van der Waals surface area contributed by atoms with Crippen LogP contribution in [-0.4, -0.2) is 43.5 Å². The molecule has 6 rings (SSSR count). The van der Waals surface area contributed by atoms with Crippen LogP contribution in [0.1, 0.15) is 48.8 Å². The van der Waals surface area contributed by atoms with Crippen molar-refractivity contribution in [2.24, 2.45) is 0 Å². The van der Waals surface area contributed by atoms with Gasteiger partial charge in [-0.3, -0.25) is 9.69 Å². The summed E-state index contributed by atoms with van der Waals surface area (Å²) in [6.07, 6.45) is 0.736. The number of ether oxygens (including phenoxy) is 3. The van der Waals surface area contributed by atoms with Gasteiger partial charge in [-0.15, -0.1) is 5.10 Å². The smallest absolute Gasteiger partial charge is 0.252 e. The number of aromatic amines is 1. The number of pyridine rings is 1. The number of aromatic nitrogens is 5. The van der Waals surface area contributed by atoms with Gasteiger partial charge in [0, 0.05) is 29.6 Å². The molecule has 41 heavy (non-hydrogen) atoms. The summed E-state index contributed by atoms with van der Waals surface area (Å²) in [5.74, 6) is 2.96. The number of fused-ring (bicyclic) bond motifs is 2. The molecule has 210 valence electrons. The summed E-state index contributed by atoms with van der Waals surface area (Å²) in [7, 11) is 0. The minimum absolute atomic E-state index is 0.129. The van der Waals surface area contributed by atoms with Crippen LogP contribution in [-0.2, 0) is 19.6 Å². The molecule has 1 N–H and O–H groups in total. The zero-order valence-electron chi connectivity index (χ0n) is 23.1. The molecule has 0 bridgehead atoms. The Bertz CT molecular complexity index is 1700. The minimum atomic E-state index is -0.163. The van der Waals surface area contributed by atoms with Crippen molar-refractivity contribution in [1.29, 1.82) is 0 Å². The Morgan fingerprint density at radius 2 is 1.83 bits per heavy atom. The molecule has 5 aromatic rings. The maximum absolute atomic E-state index is 13.3. The lowest BCUT2D eigenvalue weighted by Crippen LogP contribution is -2.32. The Balaban J connectivity index is 1.37. The minimum Gasteiger partial charge on any atom is -0.494 e.